The Morgan fingerprint density at radius 2 is 1.06 bits per heavy atom. The summed E-state index contributed by atoms with van der Waals surface area (Å²) >= 11 is 0. The van der Waals surface area contributed by atoms with Gasteiger partial charge < -0.3 is 14.3 Å². The standard InChI is InChI=1S/C13H10O3.CH2O/c14-13(15-11-7-3-1-4-8-11)16-12-9-5-2-6-10-12;1-2/h1-10H;1H2. The predicted octanol–water partition coefficient (Wildman–Crippen LogP) is 3.08. The zero-order valence-electron chi connectivity index (χ0n) is 9.61. The topological polar surface area (TPSA) is 52.6 Å². The minimum Gasteiger partial charge on any atom is -0.395 e. The van der Waals surface area contributed by atoms with Gasteiger partial charge in [-0.05, 0) is 24.3 Å². The summed E-state index contributed by atoms with van der Waals surface area (Å²) in [5.41, 5.74) is 0. The van der Waals surface area contributed by atoms with Gasteiger partial charge in [-0.15, -0.1) is 0 Å². The maximum absolute atomic E-state index is 11.3. The van der Waals surface area contributed by atoms with Crippen molar-refractivity contribution in [1.82, 2.24) is 0 Å². The fourth-order valence-electron chi connectivity index (χ4n) is 1.19. The molecule has 0 aliphatic heterocycles. The number of hydrogen-bond acceptors (Lipinski definition) is 4. The van der Waals surface area contributed by atoms with E-state index in [1.54, 1.807) is 48.5 Å². The maximum atomic E-state index is 11.3. The molecule has 0 saturated carbocycles. The molecule has 0 spiro atoms. The van der Waals surface area contributed by atoms with Crippen LogP contribution in [0.2, 0.25) is 0 Å². The molecule has 18 heavy (non-hydrogen) atoms. The second-order valence-corrected chi connectivity index (χ2v) is 3.08. The van der Waals surface area contributed by atoms with Gasteiger partial charge >= 0.3 is 6.16 Å². The average molecular weight is 244 g/mol. The first-order valence-corrected chi connectivity index (χ1v) is 5.13. The smallest absolute Gasteiger partial charge is 0.395 e. The Labute approximate surface area is 105 Å². The molecule has 0 amide bonds. The summed E-state index contributed by atoms with van der Waals surface area (Å²) in [5, 5.41) is 0. The molecule has 92 valence electrons. The normalized spacial score (nSPS) is 8.67. The molecule has 0 aromatic heterocycles. The van der Waals surface area contributed by atoms with E-state index in [-0.39, 0.29) is 0 Å². The zero-order chi connectivity index (χ0) is 13.2. The molecule has 0 fully saturated rings. The monoisotopic (exact) mass is 244 g/mol. The minimum atomic E-state index is -0.739. The molecule has 2 aromatic carbocycles. The molecule has 0 heterocycles. The Balaban J connectivity index is 0.000000771. The Hall–Kier alpha value is -2.62. The van der Waals surface area contributed by atoms with Gasteiger partial charge in [-0.1, -0.05) is 36.4 Å². The van der Waals surface area contributed by atoms with Gasteiger partial charge in [0.05, 0.1) is 0 Å². The average Bonchev–Trinajstić information content (AvgIpc) is 2.43. The first-order valence-electron chi connectivity index (χ1n) is 5.13. The molecule has 4 nitrogen and oxygen atoms in total. The zero-order valence-corrected chi connectivity index (χ0v) is 9.61. The summed E-state index contributed by atoms with van der Waals surface area (Å²) < 4.78 is 9.91. The van der Waals surface area contributed by atoms with Crippen molar-refractivity contribution in [3.05, 3.63) is 60.7 Å². The van der Waals surface area contributed by atoms with Crippen LogP contribution in [-0.4, -0.2) is 12.9 Å². The lowest BCUT2D eigenvalue weighted by Crippen LogP contribution is -2.13. The largest absolute Gasteiger partial charge is 0.519 e. The van der Waals surface area contributed by atoms with Crippen molar-refractivity contribution in [2.24, 2.45) is 0 Å². The lowest BCUT2D eigenvalue weighted by atomic mass is 10.3. The number of hydrogen-bond donors (Lipinski definition) is 0. The molecule has 0 N–H and O–H groups in total. The van der Waals surface area contributed by atoms with E-state index in [0.29, 0.717) is 11.5 Å². The first-order chi connectivity index (χ1) is 8.84. The third kappa shape index (κ3) is 4.49. The Bertz CT molecular complexity index is 424. The van der Waals surface area contributed by atoms with Crippen LogP contribution in [0.25, 0.3) is 0 Å². The summed E-state index contributed by atoms with van der Waals surface area (Å²) in [6.45, 7) is 2.00. The van der Waals surface area contributed by atoms with E-state index < -0.39 is 6.16 Å². The van der Waals surface area contributed by atoms with Crippen molar-refractivity contribution in [2.45, 2.75) is 0 Å². The highest BCUT2D eigenvalue weighted by atomic mass is 16.7. The maximum Gasteiger partial charge on any atom is 0.519 e. The van der Waals surface area contributed by atoms with Gasteiger partial charge in [-0.2, -0.15) is 0 Å². The van der Waals surface area contributed by atoms with Crippen LogP contribution in [0.1, 0.15) is 0 Å². The van der Waals surface area contributed by atoms with Crippen LogP contribution in [0.5, 0.6) is 11.5 Å². The van der Waals surface area contributed by atoms with Crippen molar-refractivity contribution >= 4 is 12.9 Å². The third-order valence-electron chi connectivity index (χ3n) is 1.89. The van der Waals surface area contributed by atoms with Crippen LogP contribution >= 0.6 is 0 Å². The summed E-state index contributed by atoms with van der Waals surface area (Å²) in [6.07, 6.45) is -0.739. The Morgan fingerprint density at radius 1 is 0.722 bits per heavy atom. The summed E-state index contributed by atoms with van der Waals surface area (Å²) in [4.78, 5) is 19.3. The van der Waals surface area contributed by atoms with E-state index in [1.807, 2.05) is 18.9 Å². The van der Waals surface area contributed by atoms with E-state index in [4.69, 9.17) is 14.3 Å². The number of rotatable bonds is 2. The van der Waals surface area contributed by atoms with Crippen LogP contribution in [0.3, 0.4) is 0 Å². The highest BCUT2D eigenvalue weighted by Crippen LogP contribution is 2.12. The van der Waals surface area contributed by atoms with E-state index in [9.17, 15) is 4.79 Å². The van der Waals surface area contributed by atoms with Gasteiger partial charge in [0.1, 0.15) is 18.3 Å². The summed E-state index contributed by atoms with van der Waals surface area (Å²) in [7, 11) is 0. The van der Waals surface area contributed by atoms with Gasteiger partial charge in [0.15, 0.2) is 0 Å². The van der Waals surface area contributed by atoms with Crippen LogP contribution in [0.4, 0.5) is 4.79 Å². The lowest BCUT2D eigenvalue weighted by Gasteiger charge is -2.04. The van der Waals surface area contributed by atoms with Crippen molar-refractivity contribution in [1.29, 1.82) is 0 Å². The molecular weight excluding hydrogens is 232 g/mol. The number of carbonyl (C=O) groups excluding carboxylic acids is 2. The van der Waals surface area contributed by atoms with Crippen molar-refractivity contribution in [2.75, 3.05) is 0 Å². The predicted molar refractivity (Wildman–Crippen MR) is 66.7 cm³/mol. The van der Waals surface area contributed by atoms with E-state index in [1.165, 1.54) is 0 Å². The van der Waals surface area contributed by atoms with Crippen LogP contribution in [0, 0.1) is 0 Å². The molecule has 2 aromatic rings. The van der Waals surface area contributed by atoms with E-state index in [0.717, 1.165) is 0 Å². The van der Waals surface area contributed by atoms with Crippen molar-refractivity contribution in [3.63, 3.8) is 0 Å². The molecule has 0 atom stereocenters. The number of benzene rings is 2. The number of para-hydroxylation sites is 2. The van der Waals surface area contributed by atoms with Gasteiger partial charge in [-0.3, -0.25) is 0 Å². The van der Waals surface area contributed by atoms with Crippen molar-refractivity contribution in [3.8, 4) is 11.5 Å². The molecule has 0 aliphatic rings. The van der Waals surface area contributed by atoms with Gasteiger partial charge in [0.2, 0.25) is 0 Å². The quantitative estimate of drug-likeness (QED) is 0.601. The van der Waals surface area contributed by atoms with E-state index >= 15 is 0 Å². The number of carbonyl (C=O) groups is 2. The van der Waals surface area contributed by atoms with E-state index in [2.05, 4.69) is 0 Å². The molecule has 0 aliphatic carbocycles. The fourth-order valence-corrected chi connectivity index (χ4v) is 1.19. The first kappa shape index (κ1) is 13.4. The highest BCUT2D eigenvalue weighted by molar-refractivity contribution is 5.66. The Kier molecular flexibility index (Phi) is 5.69. The Morgan fingerprint density at radius 3 is 1.39 bits per heavy atom. The summed E-state index contributed by atoms with van der Waals surface area (Å²) in [6, 6.07) is 17.6. The fraction of sp³-hybridized carbons (Fsp3) is 0. The van der Waals surface area contributed by atoms with Crippen molar-refractivity contribution < 1.29 is 19.1 Å². The SMILES string of the molecule is C=O.O=C(Oc1ccccc1)Oc1ccccc1. The van der Waals surface area contributed by atoms with Crippen LogP contribution in [-0.2, 0) is 4.79 Å². The molecule has 0 unspecified atom stereocenters. The summed E-state index contributed by atoms with van der Waals surface area (Å²) in [5.74, 6) is 0.923. The second-order valence-electron chi connectivity index (χ2n) is 3.08. The lowest BCUT2D eigenvalue weighted by molar-refractivity contribution is -0.0979. The second kappa shape index (κ2) is 7.62. The number of ether oxygens (including phenoxy) is 2. The van der Waals surface area contributed by atoms with Crippen LogP contribution < -0.4 is 9.47 Å². The molecular formula is C14H12O4. The molecule has 0 bridgehead atoms. The minimum absolute atomic E-state index is 0.462. The van der Waals surface area contributed by atoms with Gasteiger partial charge in [0.25, 0.3) is 0 Å². The highest BCUT2D eigenvalue weighted by Gasteiger charge is 2.06. The van der Waals surface area contributed by atoms with Gasteiger partial charge in [-0.25, -0.2) is 4.79 Å². The third-order valence-corrected chi connectivity index (χ3v) is 1.89. The van der Waals surface area contributed by atoms with Crippen LogP contribution in [0.15, 0.2) is 60.7 Å². The molecule has 0 radical (unpaired) electrons. The molecule has 4 heteroatoms. The molecule has 2 rings (SSSR count). The molecule has 0 saturated heterocycles. The van der Waals surface area contributed by atoms with Gasteiger partial charge in [0, 0.05) is 0 Å².